The number of sulfonamides is 1. The van der Waals surface area contributed by atoms with Crippen molar-refractivity contribution in [1.82, 2.24) is 9.97 Å². The summed E-state index contributed by atoms with van der Waals surface area (Å²) in [7, 11) is -3.81. The molecule has 0 saturated carbocycles. The van der Waals surface area contributed by atoms with E-state index in [2.05, 4.69) is 26.1 Å². The summed E-state index contributed by atoms with van der Waals surface area (Å²) in [5.74, 6) is 0.160. The maximum Gasteiger partial charge on any atom is 0.263 e. The third kappa shape index (κ3) is 6.34. The summed E-state index contributed by atoms with van der Waals surface area (Å²) < 4.78 is 27.5. The molecule has 2 aromatic heterocycles. The van der Waals surface area contributed by atoms with Gasteiger partial charge >= 0.3 is 0 Å². The van der Waals surface area contributed by atoms with Gasteiger partial charge in [0.15, 0.2) is 0 Å². The van der Waals surface area contributed by atoms with Crippen molar-refractivity contribution < 1.29 is 13.2 Å². The molecule has 0 saturated heterocycles. The van der Waals surface area contributed by atoms with E-state index in [1.165, 1.54) is 42.2 Å². The van der Waals surface area contributed by atoms with Crippen LogP contribution in [0, 0.1) is 11.3 Å². The lowest BCUT2D eigenvalue weighted by atomic mass is 10.1. The Bertz CT molecular complexity index is 1290. The third-order valence-electron chi connectivity index (χ3n) is 4.85. The fourth-order valence-corrected chi connectivity index (χ4v) is 4.98. The molecule has 0 bridgehead atoms. The third-order valence-corrected chi connectivity index (χ3v) is 7.58. The summed E-state index contributed by atoms with van der Waals surface area (Å²) in [6.07, 6.45) is 2.02. The van der Waals surface area contributed by atoms with Crippen LogP contribution in [0.2, 0.25) is 0 Å². The van der Waals surface area contributed by atoms with Gasteiger partial charge in [0.05, 0.1) is 15.7 Å². The first kappa shape index (κ1) is 25.2. The normalized spacial score (nSPS) is 12.1. The number of nitrogens with zero attached hydrogens (tertiary/aromatic N) is 3. The van der Waals surface area contributed by atoms with Crippen LogP contribution >= 0.6 is 11.8 Å². The quantitative estimate of drug-likeness (QED) is 0.409. The Balaban J connectivity index is 1.71. The average Bonchev–Trinajstić information content (AvgIpc) is 2.83. The number of carbonyl (C=O) groups is 1. The first-order chi connectivity index (χ1) is 16.2. The summed E-state index contributed by atoms with van der Waals surface area (Å²) in [5.41, 5.74) is 1.74. The van der Waals surface area contributed by atoms with Crippen molar-refractivity contribution in [2.75, 3.05) is 10.0 Å². The van der Waals surface area contributed by atoms with Gasteiger partial charge < -0.3 is 5.32 Å². The molecule has 2 heterocycles. The van der Waals surface area contributed by atoms with Crippen molar-refractivity contribution in [3.63, 3.8) is 0 Å². The average molecular weight is 496 g/mol. The van der Waals surface area contributed by atoms with Gasteiger partial charge in [0, 0.05) is 17.6 Å². The van der Waals surface area contributed by atoms with Crippen LogP contribution in [-0.4, -0.2) is 29.5 Å². The number of thioether (sulfide) groups is 1. The van der Waals surface area contributed by atoms with Gasteiger partial charge in [-0.25, -0.2) is 18.4 Å². The highest BCUT2D eigenvalue weighted by atomic mass is 32.2. The molecule has 1 unspecified atom stereocenters. The monoisotopic (exact) mass is 495 g/mol. The number of pyridine rings is 2. The topological polar surface area (TPSA) is 125 Å². The first-order valence-corrected chi connectivity index (χ1v) is 13.0. The summed E-state index contributed by atoms with van der Waals surface area (Å²) in [5, 5.41) is 12.3. The van der Waals surface area contributed by atoms with E-state index in [-0.39, 0.29) is 22.5 Å². The Hall–Kier alpha value is -3.42. The van der Waals surface area contributed by atoms with Crippen LogP contribution in [0.15, 0.2) is 70.7 Å². The van der Waals surface area contributed by atoms with E-state index in [1.54, 1.807) is 24.3 Å². The lowest BCUT2D eigenvalue weighted by Gasteiger charge is -2.16. The standard InChI is InChI=1S/C24H25N5O3S2/c1-4-21(33-24-17(15-25)8-13-20(28-24)16(2)3)23(30)27-18-9-11-19(12-10-18)34(31,32)29-22-7-5-6-14-26-22/h5-14,16,21H,4H2,1-3H3,(H,26,29)(H,27,30). The van der Waals surface area contributed by atoms with Gasteiger partial charge in [-0.15, -0.1) is 0 Å². The second kappa shape index (κ2) is 11.1. The molecule has 8 nitrogen and oxygen atoms in total. The van der Waals surface area contributed by atoms with Crippen molar-refractivity contribution in [3.8, 4) is 6.07 Å². The van der Waals surface area contributed by atoms with Crippen LogP contribution in [0.1, 0.15) is 44.4 Å². The Labute approximate surface area is 203 Å². The summed E-state index contributed by atoms with van der Waals surface area (Å²) in [4.78, 5) is 21.5. The smallest absolute Gasteiger partial charge is 0.263 e. The molecule has 34 heavy (non-hydrogen) atoms. The van der Waals surface area contributed by atoms with Crippen LogP contribution in [0.3, 0.4) is 0 Å². The number of carbonyl (C=O) groups excluding carboxylic acids is 1. The molecule has 0 radical (unpaired) electrons. The summed E-state index contributed by atoms with van der Waals surface area (Å²) >= 11 is 1.25. The minimum absolute atomic E-state index is 0.0472. The van der Waals surface area contributed by atoms with E-state index in [9.17, 15) is 18.5 Å². The highest BCUT2D eigenvalue weighted by molar-refractivity contribution is 8.00. The largest absolute Gasteiger partial charge is 0.325 e. The molecular formula is C24H25N5O3S2. The van der Waals surface area contributed by atoms with Crippen molar-refractivity contribution in [1.29, 1.82) is 5.26 Å². The van der Waals surface area contributed by atoms with Crippen LogP contribution < -0.4 is 10.0 Å². The van der Waals surface area contributed by atoms with Crippen molar-refractivity contribution in [2.24, 2.45) is 0 Å². The number of hydrogen-bond donors (Lipinski definition) is 2. The van der Waals surface area contributed by atoms with Crippen LogP contribution in [0.4, 0.5) is 11.5 Å². The van der Waals surface area contributed by atoms with Gasteiger partial charge in [0.2, 0.25) is 5.91 Å². The maximum absolute atomic E-state index is 12.9. The maximum atomic E-state index is 12.9. The Morgan fingerprint density at radius 2 is 1.85 bits per heavy atom. The fraction of sp³-hybridized carbons (Fsp3) is 0.250. The van der Waals surface area contributed by atoms with Gasteiger partial charge in [-0.1, -0.05) is 38.6 Å². The van der Waals surface area contributed by atoms with E-state index in [1.807, 2.05) is 26.8 Å². The van der Waals surface area contributed by atoms with Gasteiger partial charge in [-0.2, -0.15) is 5.26 Å². The molecule has 176 valence electrons. The molecule has 1 atom stereocenters. The van der Waals surface area contributed by atoms with Crippen LogP contribution in [0.25, 0.3) is 0 Å². The highest BCUT2D eigenvalue weighted by Gasteiger charge is 2.22. The number of nitriles is 1. The number of nitrogens with one attached hydrogen (secondary N) is 2. The van der Waals surface area contributed by atoms with Crippen LogP contribution in [0.5, 0.6) is 0 Å². The predicted octanol–water partition coefficient (Wildman–Crippen LogP) is 4.78. The Morgan fingerprint density at radius 1 is 1.12 bits per heavy atom. The van der Waals surface area contributed by atoms with Gasteiger partial charge in [0.25, 0.3) is 10.0 Å². The van der Waals surface area contributed by atoms with Crippen molar-refractivity contribution in [2.45, 2.75) is 48.3 Å². The summed E-state index contributed by atoms with van der Waals surface area (Å²) in [6.45, 7) is 5.92. The number of benzene rings is 1. The van der Waals surface area contributed by atoms with Gasteiger partial charge in [-0.05, 0) is 60.9 Å². The molecule has 0 aliphatic heterocycles. The zero-order valence-electron chi connectivity index (χ0n) is 19.0. The Morgan fingerprint density at radius 3 is 2.44 bits per heavy atom. The van der Waals surface area contributed by atoms with E-state index in [4.69, 9.17) is 0 Å². The number of rotatable bonds is 9. The van der Waals surface area contributed by atoms with Gasteiger partial charge in [-0.3, -0.25) is 9.52 Å². The minimum Gasteiger partial charge on any atom is -0.325 e. The van der Waals surface area contributed by atoms with E-state index in [0.29, 0.717) is 22.7 Å². The molecule has 1 aromatic carbocycles. The number of aromatic nitrogens is 2. The lowest BCUT2D eigenvalue weighted by molar-refractivity contribution is -0.115. The summed E-state index contributed by atoms with van der Waals surface area (Å²) in [6, 6.07) is 16.5. The zero-order chi connectivity index (χ0) is 24.7. The zero-order valence-corrected chi connectivity index (χ0v) is 20.7. The molecule has 1 amide bonds. The fourth-order valence-electron chi connectivity index (χ4n) is 2.97. The molecule has 0 aliphatic carbocycles. The Kier molecular flexibility index (Phi) is 8.26. The first-order valence-electron chi connectivity index (χ1n) is 10.7. The van der Waals surface area contributed by atoms with E-state index >= 15 is 0 Å². The molecular weight excluding hydrogens is 470 g/mol. The second-order valence-electron chi connectivity index (χ2n) is 7.70. The lowest BCUT2D eigenvalue weighted by Crippen LogP contribution is -2.25. The molecule has 3 rings (SSSR count). The SMILES string of the molecule is CCC(Sc1nc(C(C)C)ccc1C#N)C(=O)Nc1ccc(S(=O)(=O)Nc2ccccn2)cc1. The number of hydrogen-bond acceptors (Lipinski definition) is 7. The number of amides is 1. The molecule has 10 heteroatoms. The molecule has 0 fully saturated rings. The van der Waals surface area contributed by atoms with Crippen LogP contribution in [-0.2, 0) is 14.8 Å². The predicted molar refractivity (Wildman–Crippen MR) is 133 cm³/mol. The van der Waals surface area contributed by atoms with E-state index < -0.39 is 15.3 Å². The molecule has 2 N–H and O–H groups in total. The number of anilines is 2. The van der Waals surface area contributed by atoms with Crippen molar-refractivity contribution in [3.05, 3.63) is 72.1 Å². The highest BCUT2D eigenvalue weighted by Crippen LogP contribution is 2.29. The molecule has 0 aliphatic rings. The molecule has 3 aromatic rings. The molecule has 0 spiro atoms. The van der Waals surface area contributed by atoms with Crippen molar-refractivity contribution >= 4 is 39.2 Å². The second-order valence-corrected chi connectivity index (χ2v) is 10.6. The van der Waals surface area contributed by atoms with Gasteiger partial charge in [0.1, 0.15) is 16.9 Å². The minimum atomic E-state index is -3.81. The van der Waals surface area contributed by atoms with E-state index in [0.717, 1.165) is 5.69 Å².